The number of carbonyl (C=O) groups excluding carboxylic acids is 5. The van der Waals surface area contributed by atoms with Gasteiger partial charge in [0.1, 0.15) is 18.1 Å². The number of nitrogens with one attached hydrogen (secondary N) is 3. The summed E-state index contributed by atoms with van der Waals surface area (Å²) >= 11 is 0. The highest BCUT2D eigenvalue weighted by Crippen LogP contribution is 2.41. The summed E-state index contributed by atoms with van der Waals surface area (Å²) in [6.07, 6.45) is -10.7. The number of benzene rings is 3. The molecule has 28 heteroatoms. The molecule has 0 aromatic heterocycles. The summed E-state index contributed by atoms with van der Waals surface area (Å²) in [7, 11) is 0. The van der Waals surface area contributed by atoms with Crippen LogP contribution in [0.15, 0.2) is 91.0 Å². The Morgan fingerprint density at radius 3 is 1.27 bits per heavy atom. The molecule has 5 unspecified atom stereocenters. The number of nitrogens with two attached hydrogens (primary N) is 3. The van der Waals surface area contributed by atoms with E-state index in [0.29, 0.717) is 71.2 Å². The maximum atomic E-state index is 14.1. The number of amides is 5. The first-order valence-electron chi connectivity index (χ1n) is 24.9. The highest BCUT2D eigenvalue weighted by atomic mass is 19.4. The summed E-state index contributed by atoms with van der Waals surface area (Å²) in [5, 5.41) is 30.1. The molecule has 2 heterocycles. The fourth-order valence-electron chi connectivity index (χ4n) is 8.14. The SMILES string of the molecule is CC(C)CC(NC(=O)C(Cc1ccccc1)NC(=O)C(N)Cc1ccccc1)C(=O)NC(CCCCN)C(=O)N1CC2(CCN(C(=O)C(N)Cc3ccccc3)CC2)C1.O=C(O)C(F)(F)F.O=C(O)C(F)(F)F.O=C(O)C(F)(F)F. The number of alkyl halides is 9. The van der Waals surface area contributed by atoms with Crippen molar-refractivity contribution in [1.29, 1.82) is 0 Å². The van der Waals surface area contributed by atoms with Gasteiger partial charge in [0.15, 0.2) is 0 Å². The Kier molecular flexibility index (Phi) is 27.6. The summed E-state index contributed by atoms with van der Waals surface area (Å²) in [4.78, 5) is 99.1. The number of carboxylic acid groups (broad SMARTS) is 3. The number of piperidine rings is 1. The second-order valence-corrected chi connectivity index (χ2v) is 19.3. The topological polar surface area (TPSA) is 318 Å². The maximum absolute atomic E-state index is 14.1. The Morgan fingerprint density at radius 2 is 0.887 bits per heavy atom. The summed E-state index contributed by atoms with van der Waals surface area (Å²) in [6.45, 7) is 6.64. The van der Waals surface area contributed by atoms with Crippen molar-refractivity contribution in [2.24, 2.45) is 28.5 Å². The fraction of sp³-hybridized carbons (Fsp3) is 0.500. The number of aliphatic carboxylic acids is 3. The molecular weight excluding hydrogens is 1080 g/mol. The number of carboxylic acids is 3. The van der Waals surface area contributed by atoms with Gasteiger partial charge < -0.3 is 58.3 Å². The van der Waals surface area contributed by atoms with Crippen molar-refractivity contribution in [1.82, 2.24) is 25.8 Å². The summed E-state index contributed by atoms with van der Waals surface area (Å²) < 4.78 is 95.2. The minimum absolute atomic E-state index is 0.0276. The van der Waals surface area contributed by atoms with Gasteiger partial charge in [0.25, 0.3) is 0 Å². The lowest BCUT2D eigenvalue weighted by atomic mass is 9.71. The molecule has 2 aliphatic heterocycles. The second kappa shape index (κ2) is 32.1. The summed E-state index contributed by atoms with van der Waals surface area (Å²) in [5.41, 5.74) is 21.1. The number of rotatable bonds is 20. The molecule has 12 N–H and O–H groups in total. The lowest BCUT2D eigenvalue weighted by Crippen LogP contribution is -2.66. The third-order valence-electron chi connectivity index (χ3n) is 12.3. The van der Waals surface area contributed by atoms with Crippen LogP contribution in [0.5, 0.6) is 0 Å². The van der Waals surface area contributed by atoms with Crippen LogP contribution in [0.3, 0.4) is 0 Å². The van der Waals surface area contributed by atoms with Gasteiger partial charge in [-0.25, -0.2) is 14.4 Å². The van der Waals surface area contributed by atoms with Gasteiger partial charge >= 0.3 is 36.4 Å². The van der Waals surface area contributed by atoms with E-state index in [-0.39, 0.29) is 29.6 Å². The molecule has 80 heavy (non-hydrogen) atoms. The molecule has 5 rings (SSSR count). The maximum Gasteiger partial charge on any atom is 0.490 e. The van der Waals surface area contributed by atoms with Crippen LogP contribution in [-0.4, -0.2) is 154 Å². The molecular formula is C52H67F9N8O11. The van der Waals surface area contributed by atoms with Crippen LogP contribution in [0, 0.1) is 11.3 Å². The molecule has 3 aromatic carbocycles. The van der Waals surface area contributed by atoms with Gasteiger partial charge in [-0.05, 0) is 80.5 Å². The lowest BCUT2D eigenvalue weighted by Gasteiger charge is -2.54. The smallest absolute Gasteiger partial charge is 0.475 e. The number of unbranched alkanes of at least 4 members (excludes halogenated alkanes) is 1. The Balaban J connectivity index is 0.000000877. The van der Waals surface area contributed by atoms with Gasteiger partial charge in [-0.1, -0.05) is 105 Å². The monoisotopic (exact) mass is 1150 g/mol. The number of hydrogen-bond acceptors (Lipinski definition) is 11. The first kappa shape index (κ1) is 68.8. The number of carbonyl (C=O) groups is 8. The van der Waals surface area contributed by atoms with Crippen LogP contribution in [0.4, 0.5) is 39.5 Å². The zero-order valence-electron chi connectivity index (χ0n) is 43.7. The van der Waals surface area contributed by atoms with Crippen molar-refractivity contribution >= 4 is 47.4 Å². The van der Waals surface area contributed by atoms with Gasteiger partial charge in [0, 0.05) is 38.0 Å². The third kappa shape index (κ3) is 24.8. The van der Waals surface area contributed by atoms with E-state index < -0.39 is 84.4 Å². The van der Waals surface area contributed by atoms with E-state index in [1.165, 1.54) is 0 Å². The van der Waals surface area contributed by atoms with Crippen LogP contribution in [-0.2, 0) is 57.6 Å². The fourth-order valence-corrected chi connectivity index (χ4v) is 8.14. The van der Waals surface area contributed by atoms with E-state index in [1.807, 2.05) is 110 Å². The predicted octanol–water partition coefficient (Wildman–Crippen LogP) is 4.35. The Labute approximate surface area is 454 Å². The largest absolute Gasteiger partial charge is 0.490 e. The standard InChI is InChI=1S/C46H64N8O5.3C2HF3O2/c1-32(2)26-39(52-43(57)40(29-35-18-10-5-11-19-35)51-41(55)36(48)27-33-14-6-3-7-15-33)42(56)50-38(20-12-13-23-47)45(59)54-30-46(31-54)21-24-53(25-22-46)44(58)37(49)28-34-16-8-4-9-17-34;3*3-2(4,5)1(6)7/h3-11,14-19,32,36-40H,12-13,20-31,47-49H2,1-2H3,(H,50,56)(H,51,55)(H,52,57);3*(H,6,7). The molecule has 5 atom stereocenters. The second-order valence-electron chi connectivity index (χ2n) is 19.3. The zero-order chi connectivity index (χ0) is 60.6. The molecule has 2 fully saturated rings. The van der Waals surface area contributed by atoms with Crippen LogP contribution in [0.25, 0.3) is 0 Å². The van der Waals surface area contributed by atoms with E-state index >= 15 is 0 Å². The first-order chi connectivity index (χ1) is 37.2. The summed E-state index contributed by atoms with van der Waals surface area (Å²) in [5.74, 6) is -9.92. The van der Waals surface area contributed by atoms with E-state index in [1.54, 1.807) is 4.90 Å². The highest BCUT2D eigenvalue weighted by Gasteiger charge is 2.49. The Bertz CT molecular complexity index is 2400. The minimum atomic E-state index is -5.08. The molecule has 19 nitrogen and oxygen atoms in total. The van der Waals surface area contributed by atoms with Gasteiger partial charge in [-0.2, -0.15) is 39.5 Å². The van der Waals surface area contributed by atoms with Crippen LogP contribution < -0.4 is 33.2 Å². The Morgan fingerprint density at radius 1 is 0.525 bits per heavy atom. The number of likely N-dealkylation sites (tertiary alicyclic amines) is 2. The van der Waals surface area contributed by atoms with E-state index in [9.17, 15) is 63.5 Å². The normalized spacial score (nSPS) is 15.7. The molecule has 0 radical (unpaired) electrons. The van der Waals surface area contributed by atoms with Gasteiger partial charge in [-0.15, -0.1) is 0 Å². The number of nitrogens with zero attached hydrogens (tertiary/aromatic N) is 2. The number of hydrogen-bond donors (Lipinski definition) is 9. The quantitative estimate of drug-likeness (QED) is 0.0562. The Hall–Kier alpha value is -7.33. The van der Waals surface area contributed by atoms with Crippen molar-refractivity contribution in [3.63, 3.8) is 0 Å². The third-order valence-corrected chi connectivity index (χ3v) is 12.3. The molecule has 0 saturated carbocycles. The van der Waals surface area contributed by atoms with Crippen LogP contribution >= 0.6 is 0 Å². The molecule has 1 spiro atoms. The number of halogens is 9. The molecule has 2 aliphatic rings. The molecule has 5 amide bonds. The van der Waals surface area contributed by atoms with E-state index in [2.05, 4.69) is 16.0 Å². The van der Waals surface area contributed by atoms with E-state index in [4.69, 9.17) is 46.9 Å². The van der Waals surface area contributed by atoms with Gasteiger partial charge in [0.05, 0.1) is 12.1 Å². The average molecular weight is 1150 g/mol. The van der Waals surface area contributed by atoms with Crippen molar-refractivity contribution in [3.05, 3.63) is 108 Å². The van der Waals surface area contributed by atoms with Crippen LogP contribution in [0.1, 0.15) is 69.1 Å². The average Bonchev–Trinajstić information content (AvgIpc) is 3.37. The molecule has 0 bridgehead atoms. The molecule has 3 aromatic rings. The van der Waals surface area contributed by atoms with Gasteiger partial charge in [0.2, 0.25) is 29.5 Å². The van der Waals surface area contributed by atoms with Crippen molar-refractivity contribution < 1.29 is 93.2 Å². The molecule has 0 aliphatic carbocycles. The predicted molar refractivity (Wildman–Crippen MR) is 270 cm³/mol. The van der Waals surface area contributed by atoms with Crippen molar-refractivity contribution in [2.75, 3.05) is 32.7 Å². The lowest BCUT2D eigenvalue weighted by molar-refractivity contribution is -0.193. The van der Waals surface area contributed by atoms with Crippen LogP contribution in [0.2, 0.25) is 0 Å². The summed E-state index contributed by atoms with van der Waals surface area (Å²) in [6, 6.07) is 24.3. The molecule has 2 saturated heterocycles. The van der Waals surface area contributed by atoms with E-state index in [0.717, 1.165) is 29.5 Å². The highest BCUT2D eigenvalue weighted by molar-refractivity contribution is 5.95. The zero-order valence-corrected chi connectivity index (χ0v) is 43.7. The molecule has 444 valence electrons. The van der Waals surface area contributed by atoms with Crippen molar-refractivity contribution in [3.8, 4) is 0 Å². The minimum Gasteiger partial charge on any atom is -0.475 e. The van der Waals surface area contributed by atoms with Gasteiger partial charge in [-0.3, -0.25) is 24.0 Å². The van der Waals surface area contributed by atoms with Crippen molar-refractivity contribution in [2.45, 2.75) is 120 Å². The first-order valence-corrected chi connectivity index (χ1v) is 24.9.